The Bertz CT molecular complexity index is 60.7. The van der Waals surface area contributed by atoms with Crippen molar-refractivity contribution in [2.24, 2.45) is 0 Å². The Labute approximate surface area is 51.0 Å². The van der Waals surface area contributed by atoms with Crippen molar-refractivity contribution in [2.45, 2.75) is 24.6 Å². The number of hydrogen-bond donors (Lipinski definition) is 0. The van der Waals surface area contributed by atoms with Crippen molar-refractivity contribution in [3.63, 3.8) is 0 Å². The molecule has 0 radical (unpaired) electrons. The van der Waals surface area contributed by atoms with E-state index < -0.39 is 0 Å². The van der Waals surface area contributed by atoms with Crippen LogP contribution in [0.1, 0.15) is 13.8 Å². The molecule has 0 spiro atoms. The molecule has 0 N–H and O–H groups in total. The van der Waals surface area contributed by atoms with E-state index >= 15 is 0 Å². The zero-order chi connectivity index (χ0) is 5.28. The molecule has 3 heteroatoms. The first-order chi connectivity index (χ1) is 3.30. The highest BCUT2D eigenvalue weighted by Gasteiger charge is 2.20. The first kappa shape index (κ1) is 5.66. The molecular formula is C4H10OSSi. The zero-order valence-corrected chi connectivity index (χ0v) is 6.91. The first-order valence-corrected chi connectivity index (χ1v) is 4.79. The van der Waals surface area contributed by atoms with Gasteiger partial charge in [-0.3, -0.25) is 0 Å². The van der Waals surface area contributed by atoms with Gasteiger partial charge in [-0.25, -0.2) is 0 Å². The molecule has 2 atom stereocenters. The van der Waals surface area contributed by atoms with Crippen LogP contribution in [0.4, 0.5) is 0 Å². The van der Waals surface area contributed by atoms with Crippen molar-refractivity contribution in [3.05, 3.63) is 0 Å². The van der Waals surface area contributed by atoms with E-state index in [1.807, 2.05) is 0 Å². The minimum absolute atomic E-state index is 0.117. The van der Waals surface area contributed by atoms with Crippen molar-refractivity contribution in [1.29, 1.82) is 0 Å². The minimum atomic E-state index is -0.117. The summed E-state index contributed by atoms with van der Waals surface area (Å²) < 4.78 is 5.22. The third-order valence-electron chi connectivity index (χ3n) is 1.35. The van der Waals surface area contributed by atoms with E-state index in [0.29, 0.717) is 0 Å². The average Bonchev–Trinajstić information content (AvgIpc) is 1.91. The molecule has 1 saturated heterocycles. The standard InChI is InChI=1S/C4H10OSSi/c1-3-4(2)7-5-6-3/h3-4H,7H2,1-2H3. The van der Waals surface area contributed by atoms with Gasteiger partial charge in [0.25, 0.3) is 0 Å². The summed E-state index contributed by atoms with van der Waals surface area (Å²) >= 11 is 1.67. The van der Waals surface area contributed by atoms with Gasteiger partial charge >= 0.3 is 0 Å². The summed E-state index contributed by atoms with van der Waals surface area (Å²) in [6.07, 6.45) is 0. The van der Waals surface area contributed by atoms with E-state index in [0.717, 1.165) is 10.8 Å². The predicted molar refractivity (Wildman–Crippen MR) is 36.1 cm³/mol. The molecule has 1 fully saturated rings. The van der Waals surface area contributed by atoms with E-state index in [-0.39, 0.29) is 9.76 Å². The van der Waals surface area contributed by atoms with Gasteiger partial charge in [0.2, 0.25) is 0 Å². The van der Waals surface area contributed by atoms with Crippen LogP contribution in [-0.2, 0) is 3.87 Å². The molecule has 42 valence electrons. The van der Waals surface area contributed by atoms with Crippen molar-refractivity contribution in [3.8, 4) is 0 Å². The van der Waals surface area contributed by atoms with E-state index in [4.69, 9.17) is 3.87 Å². The Morgan fingerprint density at radius 3 is 2.43 bits per heavy atom. The topological polar surface area (TPSA) is 9.23 Å². The second kappa shape index (κ2) is 2.20. The smallest absolute Gasteiger partial charge is 0.184 e. The largest absolute Gasteiger partial charge is 0.364 e. The van der Waals surface area contributed by atoms with E-state index in [2.05, 4.69) is 13.8 Å². The SMILES string of the molecule is CC1[SiH2]OSC1C. The molecule has 0 bridgehead atoms. The second-order valence-corrected chi connectivity index (χ2v) is 5.56. The fourth-order valence-corrected chi connectivity index (χ4v) is 3.45. The van der Waals surface area contributed by atoms with Gasteiger partial charge in [0.05, 0.1) is 0 Å². The summed E-state index contributed by atoms with van der Waals surface area (Å²) in [5, 5.41) is 0.770. The van der Waals surface area contributed by atoms with Gasteiger partial charge in [-0.15, -0.1) is 0 Å². The number of hydrogen-bond acceptors (Lipinski definition) is 2. The Hall–Kier alpha value is 0.527. The lowest BCUT2D eigenvalue weighted by Crippen LogP contribution is -1.99. The molecule has 1 aliphatic heterocycles. The van der Waals surface area contributed by atoms with Crippen molar-refractivity contribution >= 4 is 21.8 Å². The minimum Gasteiger partial charge on any atom is -0.364 e. The Kier molecular flexibility index (Phi) is 1.78. The quantitative estimate of drug-likeness (QED) is 0.360. The molecule has 2 unspecified atom stereocenters. The predicted octanol–water partition coefficient (Wildman–Crippen LogP) is 0.945. The highest BCUT2D eigenvalue weighted by atomic mass is 32.2. The Morgan fingerprint density at radius 1 is 1.57 bits per heavy atom. The fraction of sp³-hybridized carbons (Fsp3) is 1.00. The van der Waals surface area contributed by atoms with Gasteiger partial charge in [-0.1, -0.05) is 13.8 Å². The molecule has 0 aromatic heterocycles. The molecule has 7 heavy (non-hydrogen) atoms. The summed E-state index contributed by atoms with van der Waals surface area (Å²) in [5.41, 5.74) is 0.894. The second-order valence-electron chi connectivity index (χ2n) is 2.06. The maximum atomic E-state index is 5.22. The monoisotopic (exact) mass is 134 g/mol. The highest BCUT2D eigenvalue weighted by Crippen LogP contribution is 2.30. The van der Waals surface area contributed by atoms with E-state index in [1.54, 1.807) is 12.0 Å². The normalized spacial score (nSPS) is 45.4. The average molecular weight is 134 g/mol. The summed E-state index contributed by atoms with van der Waals surface area (Å²) in [4.78, 5) is 0. The zero-order valence-electron chi connectivity index (χ0n) is 4.68. The third-order valence-corrected chi connectivity index (χ3v) is 4.78. The lowest BCUT2D eigenvalue weighted by Gasteiger charge is -1.99. The van der Waals surface area contributed by atoms with Gasteiger partial charge in [-0.05, 0) is 17.6 Å². The van der Waals surface area contributed by atoms with Crippen LogP contribution in [0.3, 0.4) is 0 Å². The summed E-state index contributed by atoms with van der Waals surface area (Å²) in [7, 11) is -0.117. The summed E-state index contributed by atoms with van der Waals surface area (Å²) in [6.45, 7) is 4.51. The van der Waals surface area contributed by atoms with Crippen LogP contribution >= 0.6 is 12.0 Å². The van der Waals surface area contributed by atoms with Crippen LogP contribution in [0.5, 0.6) is 0 Å². The lowest BCUT2D eigenvalue weighted by molar-refractivity contribution is 0.709. The van der Waals surface area contributed by atoms with Crippen LogP contribution in [0.2, 0.25) is 5.54 Å². The van der Waals surface area contributed by atoms with Crippen LogP contribution < -0.4 is 0 Å². The summed E-state index contributed by atoms with van der Waals surface area (Å²) in [6, 6.07) is 0. The van der Waals surface area contributed by atoms with Crippen molar-refractivity contribution in [2.75, 3.05) is 0 Å². The molecule has 0 saturated carbocycles. The summed E-state index contributed by atoms with van der Waals surface area (Å²) in [5.74, 6) is 0. The van der Waals surface area contributed by atoms with E-state index in [1.165, 1.54) is 0 Å². The molecular weight excluding hydrogens is 124 g/mol. The highest BCUT2D eigenvalue weighted by molar-refractivity contribution is 7.96. The molecule has 1 rings (SSSR count). The molecule has 1 nitrogen and oxygen atoms in total. The van der Waals surface area contributed by atoms with Crippen molar-refractivity contribution < 1.29 is 3.87 Å². The van der Waals surface area contributed by atoms with Gasteiger partial charge in [0.15, 0.2) is 9.76 Å². The first-order valence-electron chi connectivity index (χ1n) is 2.59. The molecule has 0 aliphatic carbocycles. The molecule has 1 aliphatic rings. The Morgan fingerprint density at radius 2 is 2.29 bits per heavy atom. The van der Waals surface area contributed by atoms with Gasteiger partial charge in [0, 0.05) is 5.25 Å². The molecule has 0 aromatic rings. The van der Waals surface area contributed by atoms with Crippen LogP contribution in [0, 0.1) is 0 Å². The van der Waals surface area contributed by atoms with Crippen LogP contribution in [0.15, 0.2) is 0 Å². The van der Waals surface area contributed by atoms with Crippen LogP contribution in [0.25, 0.3) is 0 Å². The molecule has 0 aromatic carbocycles. The van der Waals surface area contributed by atoms with Gasteiger partial charge in [0.1, 0.15) is 0 Å². The van der Waals surface area contributed by atoms with Gasteiger partial charge < -0.3 is 3.87 Å². The maximum absolute atomic E-state index is 5.22. The maximum Gasteiger partial charge on any atom is 0.184 e. The number of rotatable bonds is 0. The van der Waals surface area contributed by atoms with Crippen molar-refractivity contribution in [1.82, 2.24) is 0 Å². The fourth-order valence-electron chi connectivity index (χ4n) is 0.484. The van der Waals surface area contributed by atoms with Crippen LogP contribution in [-0.4, -0.2) is 15.0 Å². The van der Waals surface area contributed by atoms with E-state index in [9.17, 15) is 0 Å². The molecule has 0 amide bonds. The van der Waals surface area contributed by atoms with Gasteiger partial charge in [-0.2, -0.15) is 0 Å². The third kappa shape index (κ3) is 1.21. The Balaban J connectivity index is 2.33. The molecule has 1 heterocycles. The lowest BCUT2D eigenvalue weighted by atomic mass is 10.4.